The summed E-state index contributed by atoms with van der Waals surface area (Å²) in [5, 5.41) is 5.72. The minimum Gasteiger partial charge on any atom is -0.334 e. The summed E-state index contributed by atoms with van der Waals surface area (Å²) >= 11 is 17.4. The van der Waals surface area contributed by atoms with Crippen molar-refractivity contribution < 1.29 is 0 Å². The fourth-order valence-corrected chi connectivity index (χ4v) is 3.39. The Bertz CT molecular complexity index is 491. The second kappa shape index (κ2) is 6.04. The van der Waals surface area contributed by atoms with Gasteiger partial charge in [0.2, 0.25) is 0 Å². The third-order valence-electron chi connectivity index (χ3n) is 2.70. The Balaban J connectivity index is 2.10. The number of nitrogens with zero attached hydrogens (tertiary/aromatic N) is 1. The van der Waals surface area contributed by atoms with Crippen molar-refractivity contribution in [3.63, 3.8) is 0 Å². The average molecular weight is 368 g/mol. The topological polar surface area (TPSA) is 24.4 Å². The van der Waals surface area contributed by atoms with E-state index in [-0.39, 0.29) is 0 Å². The van der Waals surface area contributed by atoms with Gasteiger partial charge in [0.1, 0.15) is 0 Å². The lowest BCUT2D eigenvalue weighted by Gasteiger charge is -2.13. The lowest BCUT2D eigenvalue weighted by atomic mass is 10.1. The van der Waals surface area contributed by atoms with Crippen LogP contribution in [0.1, 0.15) is 13.8 Å². The highest BCUT2D eigenvalue weighted by atomic mass is 79.9. The van der Waals surface area contributed by atoms with Crippen molar-refractivity contribution in [2.45, 2.75) is 19.1 Å². The highest BCUT2D eigenvalue weighted by Gasteiger charge is 2.23. The van der Waals surface area contributed by atoms with Gasteiger partial charge in [0.15, 0.2) is 5.17 Å². The van der Waals surface area contributed by atoms with E-state index >= 15 is 0 Å². The standard InChI is InChI=1S/C12H13BrCl2N2S/c1-6(2)9-5-16-12(18-9)17-8-4-3-7(13)10(14)11(8)15/h3-4,6,9H,5H2,1-2H3,(H,16,17). The zero-order chi connectivity index (χ0) is 13.3. The zero-order valence-electron chi connectivity index (χ0n) is 10.0. The Hall–Kier alpha value is 0.1000. The Morgan fingerprint density at radius 1 is 1.39 bits per heavy atom. The molecule has 0 bridgehead atoms. The number of benzene rings is 1. The van der Waals surface area contributed by atoms with Crippen LogP contribution in [0.3, 0.4) is 0 Å². The van der Waals surface area contributed by atoms with Crippen molar-refractivity contribution in [2.24, 2.45) is 10.9 Å². The molecule has 0 saturated carbocycles. The molecule has 0 aromatic heterocycles. The Morgan fingerprint density at radius 2 is 2.11 bits per heavy atom. The van der Waals surface area contributed by atoms with E-state index in [0.29, 0.717) is 21.2 Å². The van der Waals surface area contributed by atoms with E-state index in [2.05, 4.69) is 40.1 Å². The maximum Gasteiger partial charge on any atom is 0.161 e. The molecule has 0 radical (unpaired) electrons. The second-order valence-corrected chi connectivity index (χ2v) is 7.23. The molecule has 2 nitrogen and oxygen atoms in total. The van der Waals surface area contributed by atoms with E-state index in [1.165, 1.54) is 0 Å². The molecule has 6 heteroatoms. The monoisotopic (exact) mass is 366 g/mol. The van der Waals surface area contributed by atoms with E-state index in [4.69, 9.17) is 23.2 Å². The van der Waals surface area contributed by atoms with Gasteiger partial charge in [-0.2, -0.15) is 0 Å². The van der Waals surface area contributed by atoms with Crippen LogP contribution in [0.25, 0.3) is 0 Å². The molecule has 0 aliphatic carbocycles. The second-order valence-electron chi connectivity index (χ2n) is 4.39. The van der Waals surface area contributed by atoms with E-state index in [1.807, 2.05) is 12.1 Å². The van der Waals surface area contributed by atoms with Gasteiger partial charge in [-0.3, -0.25) is 4.99 Å². The van der Waals surface area contributed by atoms with Crippen LogP contribution in [-0.4, -0.2) is 17.0 Å². The van der Waals surface area contributed by atoms with Gasteiger partial charge >= 0.3 is 0 Å². The van der Waals surface area contributed by atoms with Gasteiger partial charge in [0, 0.05) is 9.72 Å². The number of nitrogens with one attached hydrogen (secondary N) is 1. The van der Waals surface area contributed by atoms with Gasteiger partial charge in [-0.25, -0.2) is 0 Å². The molecule has 0 amide bonds. The molecule has 18 heavy (non-hydrogen) atoms. The molecule has 1 unspecified atom stereocenters. The molecule has 2 rings (SSSR count). The first kappa shape index (κ1) is 14.5. The first-order valence-electron chi connectivity index (χ1n) is 5.60. The molecule has 1 atom stereocenters. The smallest absolute Gasteiger partial charge is 0.161 e. The Morgan fingerprint density at radius 3 is 2.72 bits per heavy atom. The predicted octanol–water partition coefficient (Wildman–Crippen LogP) is 5.30. The third kappa shape index (κ3) is 3.16. The fraction of sp³-hybridized carbons (Fsp3) is 0.417. The number of hydrogen-bond acceptors (Lipinski definition) is 3. The number of amidine groups is 1. The van der Waals surface area contributed by atoms with Crippen LogP contribution in [0.4, 0.5) is 5.69 Å². The van der Waals surface area contributed by atoms with Gasteiger partial charge in [0.05, 0.1) is 22.3 Å². The van der Waals surface area contributed by atoms with Crippen molar-refractivity contribution in [1.82, 2.24) is 0 Å². The predicted molar refractivity (Wildman–Crippen MR) is 86.3 cm³/mol. The summed E-state index contributed by atoms with van der Waals surface area (Å²) in [6.45, 7) is 5.27. The highest BCUT2D eigenvalue weighted by molar-refractivity contribution is 9.10. The first-order chi connectivity index (χ1) is 8.49. The summed E-state index contributed by atoms with van der Waals surface area (Å²) in [5.41, 5.74) is 0.792. The minimum atomic E-state index is 0.516. The number of anilines is 1. The average Bonchev–Trinajstić information content (AvgIpc) is 2.79. The molecule has 0 fully saturated rings. The van der Waals surface area contributed by atoms with Crippen molar-refractivity contribution >= 4 is 61.7 Å². The molecular formula is C12H13BrCl2N2S. The molecule has 1 N–H and O–H groups in total. The van der Waals surface area contributed by atoms with Crippen molar-refractivity contribution in [2.75, 3.05) is 11.9 Å². The molecule has 1 aliphatic rings. The minimum absolute atomic E-state index is 0.516. The normalized spacial score (nSPS) is 19.2. The van der Waals surface area contributed by atoms with E-state index < -0.39 is 0 Å². The van der Waals surface area contributed by atoms with Crippen LogP contribution >= 0.6 is 50.9 Å². The van der Waals surface area contributed by atoms with Gasteiger partial charge < -0.3 is 5.32 Å². The number of hydrogen-bond donors (Lipinski definition) is 1. The van der Waals surface area contributed by atoms with Crippen molar-refractivity contribution in [3.8, 4) is 0 Å². The lowest BCUT2D eigenvalue weighted by Crippen LogP contribution is -2.13. The summed E-state index contributed by atoms with van der Waals surface area (Å²) < 4.78 is 0.792. The van der Waals surface area contributed by atoms with Crippen LogP contribution in [0, 0.1) is 5.92 Å². The molecule has 1 aromatic rings. The van der Waals surface area contributed by atoms with Crippen LogP contribution < -0.4 is 5.32 Å². The van der Waals surface area contributed by atoms with Crippen LogP contribution in [0.15, 0.2) is 21.6 Å². The molecular weight excluding hydrogens is 355 g/mol. The van der Waals surface area contributed by atoms with Gasteiger partial charge in [-0.1, -0.05) is 48.8 Å². The molecule has 1 heterocycles. The fourth-order valence-electron chi connectivity index (χ4n) is 1.54. The third-order valence-corrected chi connectivity index (χ3v) is 5.92. The Labute approximate surface area is 130 Å². The first-order valence-corrected chi connectivity index (χ1v) is 8.03. The number of aliphatic imine (C=N–C) groups is 1. The van der Waals surface area contributed by atoms with E-state index in [9.17, 15) is 0 Å². The van der Waals surface area contributed by atoms with Crippen LogP contribution in [-0.2, 0) is 0 Å². The molecule has 1 aliphatic heterocycles. The van der Waals surface area contributed by atoms with Gasteiger partial charge in [0.25, 0.3) is 0 Å². The zero-order valence-corrected chi connectivity index (χ0v) is 13.9. The molecule has 0 saturated heterocycles. The maximum atomic E-state index is 6.19. The van der Waals surface area contributed by atoms with Gasteiger partial charge in [-0.15, -0.1) is 0 Å². The summed E-state index contributed by atoms with van der Waals surface area (Å²) in [5.74, 6) is 0.613. The quantitative estimate of drug-likeness (QED) is 0.717. The molecule has 0 spiro atoms. The lowest BCUT2D eigenvalue weighted by molar-refractivity contribution is 0.621. The molecule has 1 aromatic carbocycles. The summed E-state index contributed by atoms with van der Waals surface area (Å²) in [4.78, 5) is 4.48. The largest absolute Gasteiger partial charge is 0.334 e. The summed E-state index contributed by atoms with van der Waals surface area (Å²) in [6, 6.07) is 3.76. The van der Waals surface area contributed by atoms with Crippen LogP contribution in [0.5, 0.6) is 0 Å². The number of thioether (sulfide) groups is 1. The molecule has 98 valence electrons. The van der Waals surface area contributed by atoms with Crippen LogP contribution in [0.2, 0.25) is 10.0 Å². The summed E-state index contributed by atoms with van der Waals surface area (Å²) in [7, 11) is 0. The van der Waals surface area contributed by atoms with E-state index in [0.717, 1.165) is 21.9 Å². The summed E-state index contributed by atoms with van der Waals surface area (Å²) in [6.07, 6.45) is 0. The van der Waals surface area contributed by atoms with E-state index in [1.54, 1.807) is 11.8 Å². The maximum absolute atomic E-state index is 6.19. The number of rotatable bonds is 2. The van der Waals surface area contributed by atoms with Crippen molar-refractivity contribution in [3.05, 3.63) is 26.7 Å². The highest BCUT2D eigenvalue weighted by Crippen LogP contribution is 2.37. The van der Waals surface area contributed by atoms with Gasteiger partial charge in [-0.05, 0) is 34.0 Å². The SMILES string of the molecule is CC(C)C1CN=C(Nc2ccc(Br)c(Cl)c2Cl)S1. The Kier molecular flexibility index (Phi) is 4.86. The number of halogens is 3. The van der Waals surface area contributed by atoms with Crippen molar-refractivity contribution in [1.29, 1.82) is 0 Å².